The minimum atomic E-state index is -1.32. The number of carbonyl (C=O) groups excluding carboxylic acids is 2. The molecule has 3 rings (SSSR count). The van der Waals surface area contributed by atoms with Gasteiger partial charge in [-0.15, -0.1) is 0 Å². The molecular weight excluding hydrogens is 285 g/mol. The van der Waals surface area contributed by atoms with E-state index in [1.165, 1.54) is 7.11 Å². The number of likely N-dealkylation sites (tertiary alicyclic amines) is 1. The average Bonchev–Trinajstić information content (AvgIpc) is 2.71. The summed E-state index contributed by atoms with van der Waals surface area (Å²) in [7, 11) is 1.26. The first-order valence-corrected chi connectivity index (χ1v) is 7.53. The predicted octanol–water partition coefficient (Wildman–Crippen LogP) is 2.50. The molecule has 1 aliphatic heterocycles. The van der Waals surface area contributed by atoms with E-state index in [4.69, 9.17) is 4.74 Å². The Balaban J connectivity index is 1.97. The number of carbonyl (C=O) groups is 2. The fourth-order valence-electron chi connectivity index (χ4n) is 3.95. The second-order valence-corrected chi connectivity index (χ2v) is 6.33. The van der Waals surface area contributed by atoms with Gasteiger partial charge in [0.2, 0.25) is 5.91 Å². The summed E-state index contributed by atoms with van der Waals surface area (Å²) >= 11 is 0. The van der Waals surface area contributed by atoms with Crippen molar-refractivity contribution in [2.45, 2.75) is 25.8 Å². The topological polar surface area (TPSA) is 46.6 Å². The third-order valence-electron chi connectivity index (χ3n) is 5.52. The van der Waals surface area contributed by atoms with Crippen LogP contribution in [0.15, 0.2) is 30.3 Å². The number of nitrogens with zero attached hydrogens (tertiary/aromatic N) is 1. The maximum atomic E-state index is 13.8. The van der Waals surface area contributed by atoms with Crippen LogP contribution < -0.4 is 0 Å². The van der Waals surface area contributed by atoms with Gasteiger partial charge >= 0.3 is 5.97 Å². The Bertz CT molecular complexity index is 601. The van der Waals surface area contributed by atoms with E-state index in [9.17, 15) is 14.0 Å². The summed E-state index contributed by atoms with van der Waals surface area (Å²) in [5.74, 6) is -0.885. The molecule has 1 aromatic carbocycles. The Hall–Kier alpha value is -1.91. The van der Waals surface area contributed by atoms with Crippen molar-refractivity contribution in [3.8, 4) is 0 Å². The van der Waals surface area contributed by atoms with E-state index in [0.717, 1.165) is 5.56 Å². The van der Waals surface area contributed by atoms with E-state index < -0.39 is 23.5 Å². The van der Waals surface area contributed by atoms with Crippen LogP contribution in [0.25, 0.3) is 0 Å². The number of methoxy groups -OCH3 is 1. The molecule has 4 nitrogen and oxygen atoms in total. The molecule has 0 aromatic heterocycles. The Morgan fingerprint density at radius 2 is 2.05 bits per heavy atom. The molecule has 2 unspecified atom stereocenters. The summed E-state index contributed by atoms with van der Waals surface area (Å²) in [6, 6.07) is 9.40. The Morgan fingerprint density at radius 3 is 2.55 bits per heavy atom. The molecule has 5 heteroatoms. The first kappa shape index (κ1) is 15.0. The molecule has 2 aliphatic rings. The minimum Gasteiger partial charge on any atom is -0.468 e. The van der Waals surface area contributed by atoms with Crippen LogP contribution in [0.5, 0.6) is 0 Å². The highest BCUT2D eigenvalue weighted by Gasteiger charge is 2.74. The quantitative estimate of drug-likeness (QED) is 0.634. The lowest BCUT2D eigenvalue weighted by molar-refractivity contribution is -0.178. The van der Waals surface area contributed by atoms with E-state index in [1.807, 2.05) is 37.3 Å². The SMILES string of the molecule is COC(=O)[C@@]12CCC1(CF)CN(C(C)c1ccccc1)C2=O. The zero-order chi connectivity index (χ0) is 16.0. The van der Waals surface area contributed by atoms with Gasteiger partial charge in [-0.2, -0.15) is 0 Å². The molecule has 1 aromatic rings. The number of rotatable bonds is 4. The summed E-state index contributed by atoms with van der Waals surface area (Å²) < 4.78 is 18.6. The normalized spacial score (nSPS) is 31.4. The maximum Gasteiger partial charge on any atom is 0.322 e. The smallest absolute Gasteiger partial charge is 0.322 e. The van der Waals surface area contributed by atoms with Crippen LogP contribution in [-0.4, -0.2) is 37.1 Å². The second-order valence-electron chi connectivity index (χ2n) is 6.33. The summed E-state index contributed by atoms with van der Waals surface area (Å²) in [5.41, 5.74) is -1.26. The highest BCUT2D eigenvalue weighted by atomic mass is 19.1. The molecule has 118 valence electrons. The van der Waals surface area contributed by atoms with Gasteiger partial charge in [-0.05, 0) is 25.3 Å². The largest absolute Gasteiger partial charge is 0.468 e. The molecule has 0 radical (unpaired) electrons. The lowest BCUT2D eigenvalue weighted by Gasteiger charge is -2.48. The number of ether oxygens (including phenoxy) is 1. The molecule has 0 spiro atoms. The van der Waals surface area contributed by atoms with Gasteiger partial charge in [-0.1, -0.05) is 30.3 Å². The second kappa shape index (κ2) is 5.07. The number of alkyl halides is 1. The van der Waals surface area contributed by atoms with Crippen LogP contribution in [-0.2, 0) is 14.3 Å². The van der Waals surface area contributed by atoms with Crippen LogP contribution in [0.4, 0.5) is 4.39 Å². The number of hydrogen-bond donors (Lipinski definition) is 0. The van der Waals surface area contributed by atoms with Crippen LogP contribution >= 0.6 is 0 Å². The van der Waals surface area contributed by atoms with Crippen molar-refractivity contribution < 1.29 is 18.7 Å². The summed E-state index contributed by atoms with van der Waals surface area (Å²) in [4.78, 5) is 26.8. The van der Waals surface area contributed by atoms with Gasteiger partial charge in [0.25, 0.3) is 0 Å². The Kier molecular flexibility index (Phi) is 3.46. The van der Waals surface area contributed by atoms with Crippen LogP contribution in [0.1, 0.15) is 31.4 Å². The summed E-state index contributed by atoms with van der Waals surface area (Å²) in [6.45, 7) is 1.51. The molecule has 1 amide bonds. The number of hydrogen-bond acceptors (Lipinski definition) is 3. The summed E-state index contributed by atoms with van der Waals surface area (Å²) in [5, 5.41) is 0. The van der Waals surface area contributed by atoms with Crippen molar-refractivity contribution in [2.75, 3.05) is 20.3 Å². The van der Waals surface area contributed by atoms with Crippen molar-refractivity contribution >= 4 is 11.9 Å². The molecule has 1 aliphatic carbocycles. The zero-order valence-corrected chi connectivity index (χ0v) is 12.8. The first-order valence-electron chi connectivity index (χ1n) is 7.53. The van der Waals surface area contributed by atoms with Crippen molar-refractivity contribution in [1.82, 2.24) is 4.90 Å². The van der Waals surface area contributed by atoms with E-state index in [1.54, 1.807) is 4.90 Å². The number of esters is 1. The van der Waals surface area contributed by atoms with Crippen molar-refractivity contribution in [2.24, 2.45) is 10.8 Å². The molecule has 1 saturated carbocycles. The molecule has 2 fully saturated rings. The number of halogens is 1. The number of amides is 1. The molecule has 3 atom stereocenters. The van der Waals surface area contributed by atoms with Crippen molar-refractivity contribution in [3.63, 3.8) is 0 Å². The highest BCUT2D eigenvalue weighted by Crippen LogP contribution is 2.63. The zero-order valence-electron chi connectivity index (χ0n) is 12.8. The number of fused-ring (bicyclic) bond motifs is 1. The molecule has 1 saturated heterocycles. The lowest BCUT2D eigenvalue weighted by atomic mass is 9.51. The highest BCUT2D eigenvalue weighted by molar-refractivity contribution is 6.07. The van der Waals surface area contributed by atoms with E-state index in [-0.39, 0.29) is 18.5 Å². The third-order valence-corrected chi connectivity index (χ3v) is 5.52. The average molecular weight is 305 g/mol. The minimum absolute atomic E-state index is 0.191. The van der Waals surface area contributed by atoms with Gasteiger partial charge in [0.15, 0.2) is 5.41 Å². The van der Waals surface area contributed by atoms with Crippen molar-refractivity contribution in [3.05, 3.63) is 35.9 Å². The molecular formula is C17H20FNO3. The van der Waals surface area contributed by atoms with Crippen LogP contribution in [0.3, 0.4) is 0 Å². The molecule has 22 heavy (non-hydrogen) atoms. The Morgan fingerprint density at radius 1 is 1.36 bits per heavy atom. The predicted molar refractivity (Wildman–Crippen MR) is 78.7 cm³/mol. The van der Waals surface area contributed by atoms with Gasteiger partial charge in [0.05, 0.1) is 19.8 Å². The molecule has 0 bridgehead atoms. The Labute approximate surface area is 129 Å². The number of benzene rings is 1. The third kappa shape index (κ3) is 1.68. The summed E-state index contributed by atoms with van der Waals surface area (Å²) in [6.07, 6.45) is 0.919. The van der Waals surface area contributed by atoms with Gasteiger partial charge in [-0.25, -0.2) is 0 Å². The first-order chi connectivity index (χ1) is 10.5. The van der Waals surface area contributed by atoms with E-state index >= 15 is 0 Å². The van der Waals surface area contributed by atoms with Gasteiger partial charge in [-0.3, -0.25) is 14.0 Å². The molecule has 1 heterocycles. The van der Waals surface area contributed by atoms with Crippen molar-refractivity contribution in [1.29, 1.82) is 0 Å². The van der Waals surface area contributed by atoms with Crippen LogP contribution in [0.2, 0.25) is 0 Å². The standard InChI is InChI=1S/C17H20FNO3/c1-12(13-6-4-3-5-7-13)19-11-16(10-18)8-9-17(16,14(19)20)15(21)22-2/h3-7,12H,8-11H2,1-2H3/t12?,16?,17-/m0/s1. The van der Waals surface area contributed by atoms with Crippen LogP contribution in [0, 0.1) is 10.8 Å². The van der Waals surface area contributed by atoms with Gasteiger partial charge < -0.3 is 9.64 Å². The molecule has 0 N–H and O–H groups in total. The van der Waals surface area contributed by atoms with E-state index in [2.05, 4.69) is 0 Å². The van der Waals surface area contributed by atoms with Gasteiger partial charge in [0.1, 0.15) is 0 Å². The fraction of sp³-hybridized carbons (Fsp3) is 0.529. The van der Waals surface area contributed by atoms with E-state index in [0.29, 0.717) is 12.8 Å². The monoisotopic (exact) mass is 305 g/mol. The fourth-order valence-corrected chi connectivity index (χ4v) is 3.95. The lowest BCUT2D eigenvalue weighted by Crippen LogP contribution is -2.58. The van der Waals surface area contributed by atoms with Gasteiger partial charge in [0, 0.05) is 12.0 Å². The maximum absolute atomic E-state index is 13.8.